The van der Waals surface area contributed by atoms with Crippen LogP contribution in [0.2, 0.25) is 0 Å². The lowest BCUT2D eigenvalue weighted by Crippen LogP contribution is -2.52. The van der Waals surface area contributed by atoms with Gasteiger partial charge in [-0.1, -0.05) is 18.6 Å². The highest BCUT2D eigenvalue weighted by Gasteiger charge is 2.40. The quantitative estimate of drug-likeness (QED) is 0.749. The number of sulfonamides is 1. The highest BCUT2D eigenvalue weighted by Crippen LogP contribution is 2.27. The van der Waals surface area contributed by atoms with Crippen LogP contribution < -0.4 is 5.73 Å². The Bertz CT molecular complexity index is 797. The van der Waals surface area contributed by atoms with E-state index in [1.807, 2.05) is 0 Å². The van der Waals surface area contributed by atoms with Gasteiger partial charge >= 0.3 is 0 Å². The third-order valence-corrected chi connectivity index (χ3v) is 7.06. The molecule has 1 aromatic carbocycles. The Balaban J connectivity index is 0.00000261. The van der Waals surface area contributed by atoms with Crippen LogP contribution in [0.4, 0.5) is 0 Å². The van der Waals surface area contributed by atoms with Crippen molar-refractivity contribution in [3.05, 3.63) is 29.8 Å². The third kappa shape index (κ3) is 4.51. The molecule has 0 radical (unpaired) electrons. The number of Topliss-reactive ketones (excluding diaryl/α,β-unsaturated/α-hetero) is 1. The summed E-state index contributed by atoms with van der Waals surface area (Å²) in [5.74, 6) is -0.271. The van der Waals surface area contributed by atoms with Gasteiger partial charge in [-0.15, -0.1) is 12.4 Å². The molecule has 0 bridgehead atoms. The zero-order valence-electron chi connectivity index (χ0n) is 15.3. The van der Waals surface area contributed by atoms with E-state index in [9.17, 15) is 18.0 Å². The molecule has 150 valence electrons. The Labute approximate surface area is 166 Å². The molecule has 2 aliphatic rings. The van der Waals surface area contributed by atoms with Crippen molar-refractivity contribution in [2.45, 2.75) is 49.6 Å². The van der Waals surface area contributed by atoms with Gasteiger partial charge in [-0.25, -0.2) is 8.42 Å². The standard InChI is InChI=1S/C18H25N3O4S.ClH/c1-13(22)14-5-7-16(8-6-14)26(24,25)21-10-3-2-4-17(21)18(23)20-11-9-15(19)12-20;/h5-8,15,17H,2-4,9-12,19H2,1H3;1H/t15-,17?;/m1./s1. The summed E-state index contributed by atoms with van der Waals surface area (Å²) >= 11 is 0. The van der Waals surface area contributed by atoms with Crippen molar-refractivity contribution in [2.24, 2.45) is 5.73 Å². The summed E-state index contributed by atoms with van der Waals surface area (Å²) in [5.41, 5.74) is 6.35. The van der Waals surface area contributed by atoms with E-state index in [4.69, 9.17) is 5.73 Å². The number of nitrogens with two attached hydrogens (primary N) is 1. The minimum Gasteiger partial charge on any atom is -0.340 e. The van der Waals surface area contributed by atoms with Crippen LogP contribution in [0.5, 0.6) is 0 Å². The number of piperidine rings is 1. The summed E-state index contributed by atoms with van der Waals surface area (Å²) in [6.45, 7) is 2.82. The Morgan fingerprint density at radius 1 is 1.07 bits per heavy atom. The first-order valence-corrected chi connectivity index (χ1v) is 10.4. The molecule has 3 rings (SSSR count). The molecule has 2 fully saturated rings. The predicted octanol–water partition coefficient (Wildman–Crippen LogP) is 1.41. The number of hydrogen-bond acceptors (Lipinski definition) is 5. The van der Waals surface area contributed by atoms with Gasteiger partial charge in [-0.2, -0.15) is 4.31 Å². The summed E-state index contributed by atoms with van der Waals surface area (Å²) < 4.78 is 27.5. The average Bonchev–Trinajstić information content (AvgIpc) is 3.07. The fourth-order valence-electron chi connectivity index (χ4n) is 3.63. The van der Waals surface area contributed by atoms with Crippen molar-refractivity contribution in [3.63, 3.8) is 0 Å². The molecule has 2 aliphatic heterocycles. The van der Waals surface area contributed by atoms with Gasteiger partial charge in [-0.3, -0.25) is 9.59 Å². The minimum atomic E-state index is -3.80. The molecule has 0 aliphatic carbocycles. The molecule has 9 heteroatoms. The second-order valence-electron chi connectivity index (χ2n) is 7.04. The van der Waals surface area contributed by atoms with Crippen LogP contribution in [0.15, 0.2) is 29.2 Å². The number of likely N-dealkylation sites (tertiary alicyclic amines) is 1. The van der Waals surface area contributed by atoms with E-state index in [2.05, 4.69) is 0 Å². The molecule has 0 spiro atoms. The molecule has 7 nitrogen and oxygen atoms in total. The topological polar surface area (TPSA) is 101 Å². The van der Waals surface area contributed by atoms with Crippen molar-refractivity contribution in [3.8, 4) is 0 Å². The molecule has 2 N–H and O–H groups in total. The molecule has 0 aromatic heterocycles. The molecule has 2 heterocycles. The second-order valence-corrected chi connectivity index (χ2v) is 8.93. The number of carbonyl (C=O) groups is 2. The first kappa shape index (κ1) is 21.8. The fraction of sp³-hybridized carbons (Fsp3) is 0.556. The normalized spacial score (nSPS) is 23.7. The average molecular weight is 416 g/mol. The van der Waals surface area contributed by atoms with Gasteiger partial charge in [0.15, 0.2) is 5.78 Å². The summed E-state index contributed by atoms with van der Waals surface area (Å²) in [6.07, 6.45) is 2.83. The highest BCUT2D eigenvalue weighted by molar-refractivity contribution is 7.89. The number of benzene rings is 1. The van der Waals surface area contributed by atoms with Gasteiger partial charge in [0.2, 0.25) is 15.9 Å². The van der Waals surface area contributed by atoms with Crippen LogP contribution in [0.1, 0.15) is 43.0 Å². The molecule has 0 saturated carbocycles. The van der Waals surface area contributed by atoms with Crippen LogP contribution in [0.25, 0.3) is 0 Å². The second kappa shape index (κ2) is 8.68. The van der Waals surface area contributed by atoms with E-state index in [1.165, 1.54) is 35.5 Å². The number of carbonyl (C=O) groups excluding carboxylic acids is 2. The van der Waals surface area contributed by atoms with Gasteiger partial charge in [0.25, 0.3) is 0 Å². The predicted molar refractivity (Wildman–Crippen MR) is 104 cm³/mol. The lowest BCUT2D eigenvalue weighted by Gasteiger charge is -2.35. The summed E-state index contributed by atoms with van der Waals surface area (Å²) in [4.78, 5) is 26.1. The number of halogens is 1. The number of ketones is 1. The van der Waals surface area contributed by atoms with Crippen LogP contribution in [0.3, 0.4) is 0 Å². The van der Waals surface area contributed by atoms with Crippen molar-refractivity contribution in [1.82, 2.24) is 9.21 Å². The molecular formula is C18H26ClN3O4S. The number of rotatable bonds is 4. The first-order chi connectivity index (χ1) is 12.3. The monoisotopic (exact) mass is 415 g/mol. The Kier molecular flexibility index (Phi) is 7.02. The van der Waals surface area contributed by atoms with E-state index < -0.39 is 16.1 Å². The van der Waals surface area contributed by atoms with Gasteiger partial charge in [0, 0.05) is 31.2 Å². The molecule has 27 heavy (non-hydrogen) atoms. The van der Waals surface area contributed by atoms with Crippen LogP contribution in [0, 0.1) is 0 Å². The lowest BCUT2D eigenvalue weighted by atomic mass is 10.0. The van der Waals surface area contributed by atoms with Crippen molar-refractivity contribution in [1.29, 1.82) is 0 Å². The van der Waals surface area contributed by atoms with Crippen LogP contribution in [-0.2, 0) is 14.8 Å². The smallest absolute Gasteiger partial charge is 0.243 e. The van der Waals surface area contributed by atoms with E-state index in [-0.39, 0.29) is 35.0 Å². The molecular weight excluding hydrogens is 390 g/mol. The van der Waals surface area contributed by atoms with E-state index in [0.717, 1.165) is 19.3 Å². The third-order valence-electron chi connectivity index (χ3n) is 5.14. The maximum absolute atomic E-state index is 13.1. The lowest BCUT2D eigenvalue weighted by molar-refractivity contribution is -0.135. The van der Waals surface area contributed by atoms with Crippen LogP contribution in [-0.4, -0.2) is 61.0 Å². The van der Waals surface area contributed by atoms with Gasteiger partial charge in [0.05, 0.1) is 4.90 Å². The van der Waals surface area contributed by atoms with Gasteiger partial charge < -0.3 is 10.6 Å². The Hall–Kier alpha value is -1.48. The summed E-state index contributed by atoms with van der Waals surface area (Å²) in [6, 6.07) is 5.19. The largest absolute Gasteiger partial charge is 0.340 e. The van der Waals surface area contributed by atoms with Crippen molar-refractivity contribution in [2.75, 3.05) is 19.6 Å². The molecule has 2 atom stereocenters. The SMILES string of the molecule is CC(=O)c1ccc(S(=O)(=O)N2CCCCC2C(=O)N2CC[C@@H](N)C2)cc1.Cl. The molecule has 1 unspecified atom stereocenters. The molecule has 1 aromatic rings. The number of hydrogen-bond donors (Lipinski definition) is 1. The maximum Gasteiger partial charge on any atom is 0.243 e. The van der Waals surface area contributed by atoms with E-state index in [1.54, 1.807) is 4.90 Å². The highest BCUT2D eigenvalue weighted by atomic mass is 35.5. The summed E-state index contributed by atoms with van der Waals surface area (Å²) in [7, 11) is -3.80. The van der Waals surface area contributed by atoms with Crippen molar-refractivity contribution < 1.29 is 18.0 Å². The maximum atomic E-state index is 13.1. The molecule has 2 saturated heterocycles. The Morgan fingerprint density at radius 2 is 1.74 bits per heavy atom. The summed E-state index contributed by atoms with van der Waals surface area (Å²) in [5, 5.41) is 0. The zero-order valence-corrected chi connectivity index (χ0v) is 17.0. The number of nitrogens with zero attached hydrogens (tertiary/aromatic N) is 2. The zero-order chi connectivity index (χ0) is 18.9. The molecule has 1 amide bonds. The van der Waals surface area contributed by atoms with Gasteiger partial charge in [-0.05, 0) is 38.3 Å². The van der Waals surface area contributed by atoms with E-state index >= 15 is 0 Å². The fourth-order valence-corrected chi connectivity index (χ4v) is 5.29. The number of amides is 1. The minimum absolute atomic E-state index is 0. The van der Waals surface area contributed by atoms with E-state index in [0.29, 0.717) is 31.6 Å². The van der Waals surface area contributed by atoms with Crippen LogP contribution >= 0.6 is 12.4 Å². The Morgan fingerprint density at radius 3 is 2.30 bits per heavy atom. The van der Waals surface area contributed by atoms with Crippen molar-refractivity contribution >= 4 is 34.1 Å². The first-order valence-electron chi connectivity index (χ1n) is 8.98. The van der Waals surface area contributed by atoms with Gasteiger partial charge in [0.1, 0.15) is 6.04 Å².